The van der Waals surface area contributed by atoms with E-state index in [4.69, 9.17) is 10.7 Å². The molecule has 2 aromatic carbocycles. The number of carbonyl (C=O) groups excluding carboxylic acids is 1. The maximum Gasteiger partial charge on any atom is 0.255 e. The standard InChI is InChI=1S/C28H27N7OS/c29-22-5-1-2-6-23(22)33-27(36)19-9-11-21(12-10-19)32-28-34-24(17-37-28)25-16-31-26-20(4-3-13-35(25)26)15-30-14-18-7-8-18/h1-6,9-13,16-18,30H,7-8,14-15,29H2,(H,32,34)(H,33,36). The summed E-state index contributed by atoms with van der Waals surface area (Å²) >= 11 is 1.52. The first-order valence-electron chi connectivity index (χ1n) is 12.3. The highest BCUT2D eigenvalue weighted by atomic mass is 32.1. The van der Waals surface area contributed by atoms with Gasteiger partial charge in [-0.1, -0.05) is 18.2 Å². The van der Waals surface area contributed by atoms with Gasteiger partial charge in [0.05, 0.1) is 23.3 Å². The Hall–Kier alpha value is -4.21. The molecule has 3 aromatic heterocycles. The molecule has 3 heterocycles. The number of thiazole rings is 1. The Morgan fingerprint density at radius 1 is 1.08 bits per heavy atom. The summed E-state index contributed by atoms with van der Waals surface area (Å²) in [5, 5.41) is 12.5. The lowest BCUT2D eigenvalue weighted by molar-refractivity contribution is 0.102. The van der Waals surface area contributed by atoms with Crippen LogP contribution in [0.3, 0.4) is 0 Å². The van der Waals surface area contributed by atoms with Crippen molar-refractivity contribution < 1.29 is 4.79 Å². The molecule has 6 rings (SSSR count). The minimum atomic E-state index is -0.212. The van der Waals surface area contributed by atoms with Crippen molar-refractivity contribution in [3.05, 3.63) is 89.6 Å². The molecule has 8 nitrogen and oxygen atoms in total. The van der Waals surface area contributed by atoms with E-state index in [0.717, 1.165) is 46.9 Å². The summed E-state index contributed by atoms with van der Waals surface area (Å²) in [7, 11) is 0. The Bertz CT molecular complexity index is 1550. The van der Waals surface area contributed by atoms with E-state index in [2.05, 4.69) is 37.5 Å². The van der Waals surface area contributed by atoms with Crippen molar-refractivity contribution >= 4 is 45.1 Å². The Morgan fingerprint density at radius 2 is 1.92 bits per heavy atom. The molecule has 1 aliphatic carbocycles. The maximum atomic E-state index is 12.6. The molecule has 5 N–H and O–H groups in total. The lowest BCUT2D eigenvalue weighted by atomic mass is 10.2. The summed E-state index contributed by atoms with van der Waals surface area (Å²) in [6.45, 7) is 1.89. The largest absolute Gasteiger partial charge is 0.397 e. The van der Waals surface area contributed by atoms with Crippen LogP contribution in [0.4, 0.5) is 22.2 Å². The lowest BCUT2D eigenvalue weighted by Gasteiger charge is -2.08. The van der Waals surface area contributed by atoms with E-state index in [1.54, 1.807) is 24.3 Å². The van der Waals surface area contributed by atoms with Gasteiger partial charge in [0.15, 0.2) is 5.13 Å². The van der Waals surface area contributed by atoms with Crippen LogP contribution in [0.2, 0.25) is 0 Å². The lowest BCUT2D eigenvalue weighted by Crippen LogP contribution is -2.16. The van der Waals surface area contributed by atoms with Crippen molar-refractivity contribution in [3.63, 3.8) is 0 Å². The van der Waals surface area contributed by atoms with Gasteiger partial charge in [-0.3, -0.25) is 9.20 Å². The molecule has 9 heteroatoms. The second-order valence-electron chi connectivity index (χ2n) is 9.23. The Kier molecular flexibility index (Phi) is 6.30. The first-order chi connectivity index (χ1) is 18.1. The summed E-state index contributed by atoms with van der Waals surface area (Å²) in [4.78, 5) is 22.0. The molecule has 0 atom stereocenters. The molecule has 1 amide bonds. The van der Waals surface area contributed by atoms with Crippen LogP contribution in [0.25, 0.3) is 17.0 Å². The number of aromatic nitrogens is 3. The predicted molar refractivity (Wildman–Crippen MR) is 149 cm³/mol. The minimum absolute atomic E-state index is 0.212. The van der Waals surface area contributed by atoms with Crippen LogP contribution in [0.1, 0.15) is 28.8 Å². The third kappa shape index (κ3) is 5.18. The van der Waals surface area contributed by atoms with Gasteiger partial charge < -0.3 is 21.7 Å². The number of carbonyl (C=O) groups is 1. The van der Waals surface area contributed by atoms with Crippen LogP contribution >= 0.6 is 11.3 Å². The number of anilines is 4. The summed E-state index contributed by atoms with van der Waals surface area (Å²) < 4.78 is 2.10. The topological polar surface area (TPSA) is 109 Å². The number of nitrogens with two attached hydrogens (primary N) is 1. The van der Waals surface area contributed by atoms with Crippen molar-refractivity contribution in [1.82, 2.24) is 19.7 Å². The predicted octanol–water partition coefficient (Wildman–Crippen LogP) is 5.54. The number of hydrogen-bond acceptors (Lipinski definition) is 7. The first kappa shape index (κ1) is 23.2. The Labute approximate surface area is 218 Å². The maximum absolute atomic E-state index is 12.6. The summed E-state index contributed by atoms with van der Waals surface area (Å²) in [6, 6.07) is 18.6. The molecule has 0 unspecified atom stereocenters. The summed E-state index contributed by atoms with van der Waals surface area (Å²) in [6.07, 6.45) is 6.59. The third-order valence-electron chi connectivity index (χ3n) is 6.44. The van der Waals surface area contributed by atoms with Gasteiger partial charge in [-0.25, -0.2) is 9.97 Å². The molecule has 0 radical (unpaired) electrons. The molecular weight excluding hydrogens is 482 g/mol. The minimum Gasteiger partial charge on any atom is -0.397 e. The second-order valence-corrected chi connectivity index (χ2v) is 10.1. The number of hydrogen-bond donors (Lipinski definition) is 4. The monoisotopic (exact) mass is 509 g/mol. The Morgan fingerprint density at radius 3 is 2.73 bits per heavy atom. The number of rotatable bonds is 9. The average Bonchev–Trinajstić information content (AvgIpc) is 3.45. The van der Waals surface area contributed by atoms with Gasteiger partial charge in [-0.05, 0) is 67.8 Å². The quantitative estimate of drug-likeness (QED) is 0.194. The molecule has 5 aromatic rings. The smallest absolute Gasteiger partial charge is 0.255 e. The van der Waals surface area contributed by atoms with Crippen molar-refractivity contribution in [2.75, 3.05) is 22.9 Å². The number of fused-ring (bicyclic) bond motifs is 1. The summed E-state index contributed by atoms with van der Waals surface area (Å²) in [5.74, 6) is 0.633. The molecule has 1 saturated carbocycles. The van der Waals surface area contributed by atoms with Gasteiger partial charge in [0.1, 0.15) is 11.3 Å². The van der Waals surface area contributed by atoms with Crippen LogP contribution in [0.5, 0.6) is 0 Å². The van der Waals surface area contributed by atoms with Gasteiger partial charge in [-0.15, -0.1) is 11.3 Å². The SMILES string of the molecule is Nc1ccccc1NC(=O)c1ccc(Nc2nc(-c3cnc4c(CNCC5CC5)cccn34)cs2)cc1. The van der Waals surface area contributed by atoms with Gasteiger partial charge in [0, 0.05) is 34.9 Å². The van der Waals surface area contributed by atoms with Crippen LogP contribution in [-0.2, 0) is 6.54 Å². The Balaban J connectivity index is 1.13. The van der Waals surface area contributed by atoms with Crippen LogP contribution in [0, 0.1) is 5.92 Å². The van der Waals surface area contributed by atoms with E-state index in [9.17, 15) is 4.79 Å². The zero-order chi connectivity index (χ0) is 25.2. The van der Waals surface area contributed by atoms with Crippen molar-refractivity contribution in [2.24, 2.45) is 5.92 Å². The fourth-order valence-corrected chi connectivity index (χ4v) is 4.94. The number of nitrogens with zero attached hydrogens (tertiary/aromatic N) is 3. The van der Waals surface area contributed by atoms with Crippen molar-refractivity contribution in [3.8, 4) is 11.4 Å². The fraction of sp³-hybridized carbons (Fsp3) is 0.179. The molecule has 0 bridgehead atoms. The molecule has 0 saturated heterocycles. The van der Waals surface area contributed by atoms with E-state index < -0.39 is 0 Å². The molecule has 37 heavy (non-hydrogen) atoms. The van der Waals surface area contributed by atoms with Crippen LogP contribution in [-0.4, -0.2) is 26.8 Å². The highest BCUT2D eigenvalue weighted by molar-refractivity contribution is 7.14. The highest BCUT2D eigenvalue weighted by Gasteiger charge is 2.20. The third-order valence-corrected chi connectivity index (χ3v) is 7.19. The number of imidazole rings is 1. The number of amides is 1. The number of nitrogen functional groups attached to an aromatic ring is 1. The fourth-order valence-electron chi connectivity index (χ4n) is 4.21. The van der Waals surface area contributed by atoms with Gasteiger partial charge in [-0.2, -0.15) is 0 Å². The van der Waals surface area contributed by atoms with Gasteiger partial charge >= 0.3 is 0 Å². The number of benzene rings is 2. The van der Waals surface area contributed by atoms with Crippen molar-refractivity contribution in [2.45, 2.75) is 19.4 Å². The zero-order valence-corrected chi connectivity index (χ0v) is 21.0. The number of nitrogens with one attached hydrogen (secondary N) is 3. The molecule has 0 aliphatic heterocycles. The number of pyridine rings is 1. The molecule has 186 valence electrons. The number of para-hydroxylation sites is 2. The van der Waals surface area contributed by atoms with Crippen LogP contribution < -0.4 is 21.7 Å². The molecule has 1 aliphatic rings. The van der Waals surface area contributed by atoms with E-state index >= 15 is 0 Å². The van der Waals surface area contributed by atoms with E-state index in [0.29, 0.717) is 16.9 Å². The molecule has 0 spiro atoms. The normalized spacial score (nSPS) is 13.1. The average molecular weight is 510 g/mol. The van der Waals surface area contributed by atoms with E-state index in [-0.39, 0.29) is 5.91 Å². The van der Waals surface area contributed by atoms with Crippen molar-refractivity contribution in [1.29, 1.82) is 0 Å². The van der Waals surface area contributed by atoms with Gasteiger partial charge in [0.25, 0.3) is 5.91 Å². The van der Waals surface area contributed by atoms with E-state index in [1.807, 2.05) is 42.0 Å². The van der Waals surface area contributed by atoms with Crippen LogP contribution in [0.15, 0.2) is 78.4 Å². The summed E-state index contributed by atoms with van der Waals surface area (Å²) in [5.41, 5.74) is 12.4. The van der Waals surface area contributed by atoms with Gasteiger partial charge in [0.2, 0.25) is 0 Å². The molecular formula is C28H27N7OS. The van der Waals surface area contributed by atoms with E-state index in [1.165, 1.54) is 29.7 Å². The zero-order valence-electron chi connectivity index (χ0n) is 20.1. The molecule has 1 fully saturated rings. The second kappa shape index (κ2) is 10.0. The first-order valence-corrected chi connectivity index (χ1v) is 13.2. The highest BCUT2D eigenvalue weighted by Crippen LogP contribution is 2.29.